The normalized spacial score (nSPS) is 38.4. The van der Waals surface area contributed by atoms with Crippen LogP contribution in [0.1, 0.15) is 0 Å². The summed E-state index contributed by atoms with van der Waals surface area (Å²) in [5.41, 5.74) is -3.04. The number of hydrogen-bond acceptors (Lipinski definition) is 11. The van der Waals surface area contributed by atoms with Crippen LogP contribution in [0.3, 0.4) is 0 Å². The van der Waals surface area contributed by atoms with E-state index in [1.807, 2.05) is 0 Å². The van der Waals surface area contributed by atoms with Crippen LogP contribution in [0.15, 0.2) is 0 Å². The van der Waals surface area contributed by atoms with Gasteiger partial charge in [-0.2, -0.15) is 0 Å². The summed E-state index contributed by atoms with van der Waals surface area (Å²) in [5.74, 6) is 0. The van der Waals surface area contributed by atoms with Crippen LogP contribution >= 0.6 is 0 Å². The molecule has 11 nitrogen and oxygen atoms in total. The highest BCUT2D eigenvalue weighted by atomic mass is 16.6. The maximum Gasteiger partial charge on any atom is 0.154 e. The van der Waals surface area contributed by atoms with E-state index in [0.717, 1.165) is 0 Å². The number of carbonyl (C=O) groups excluding carboxylic acids is 1. The summed E-state index contributed by atoms with van der Waals surface area (Å²) in [6.07, 6.45) is -16.4. The molecule has 136 valence electrons. The average Bonchev–Trinajstić information content (AvgIpc) is 2.56. The van der Waals surface area contributed by atoms with E-state index in [-0.39, 0.29) is 6.29 Å². The first-order valence-electron chi connectivity index (χ1n) is 6.79. The predicted octanol–water partition coefficient (Wildman–Crippen LogP) is -6.17. The molecule has 1 aliphatic rings. The first-order valence-corrected chi connectivity index (χ1v) is 6.79. The van der Waals surface area contributed by atoms with Gasteiger partial charge in [-0.05, 0) is 0 Å². The molecule has 1 heterocycles. The predicted molar refractivity (Wildman–Crippen MR) is 69.9 cm³/mol. The van der Waals surface area contributed by atoms with E-state index in [4.69, 9.17) is 14.9 Å². The molecule has 0 aliphatic carbocycles. The number of aldehydes is 1. The third kappa shape index (κ3) is 3.53. The van der Waals surface area contributed by atoms with Crippen molar-refractivity contribution >= 4 is 6.29 Å². The first-order chi connectivity index (χ1) is 10.7. The van der Waals surface area contributed by atoms with Gasteiger partial charge in [0.15, 0.2) is 11.9 Å². The summed E-state index contributed by atoms with van der Waals surface area (Å²) in [4.78, 5) is 10.8. The van der Waals surface area contributed by atoms with Crippen molar-refractivity contribution in [1.29, 1.82) is 0 Å². The van der Waals surface area contributed by atoms with Gasteiger partial charge in [0.05, 0.1) is 13.2 Å². The first kappa shape index (κ1) is 20.3. The molecule has 0 bridgehead atoms. The second-order valence-corrected chi connectivity index (χ2v) is 5.41. The zero-order valence-electron chi connectivity index (χ0n) is 12.0. The number of rotatable bonds is 7. The third-order valence-corrected chi connectivity index (χ3v) is 3.98. The Morgan fingerprint density at radius 2 is 1.61 bits per heavy atom. The van der Waals surface area contributed by atoms with Crippen molar-refractivity contribution in [3.63, 3.8) is 0 Å². The minimum atomic E-state index is -3.04. The van der Waals surface area contributed by atoms with E-state index in [9.17, 15) is 40.5 Å². The summed E-state index contributed by atoms with van der Waals surface area (Å²) in [6.45, 7) is -1.92. The molecule has 1 unspecified atom stereocenters. The fourth-order valence-electron chi connectivity index (χ4n) is 2.51. The van der Waals surface area contributed by atoms with Gasteiger partial charge < -0.3 is 55.5 Å². The summed E-state index contributed by atoms with van der Waals surface area (Å²) in [6, 6.07) is 0. The standard InChI is InChI=1S/C12H22O11/c13-1-4(16)10(21)12(22,6(17)3-15)11-9(20)8(19)7(18)5(2-14)23-11/h3-11,13-14,16-22H,1-2H2/t4-,5-,6+,7+,8+,9-,10+,11?,12-/m1/s1. The van der Waals surface area contributed by atoms with Crippen LogP contribution < -0.4 is 0 Å². The smallest absolute Gasteiger partial charge is 0.154 e. The lowest BCUT2D eigenvalue weighted by Gasteiger charge is -2.49. The lowest BCUT2D eigenvalue weighted by molar-refractivity contribution is -0.305. The maximum absolute atomic E-state index is 10.8. The fourth-order valence-corrected chi connectivity index (χ4v) is 2.51. The lowest BCUT2D eigenvalue weighted by atomic mass is 9.76. The SMILES string of the molecule is O=C[C@H](O)[C@](O)(C1O[C@H](CO)[C@H](O)[C@H](O)[C@H]1O)[C@@H](O)[C@H](O)CO. The average molecular weight is 342 g/mol. The van der Waals surface area contributed by atoms with Crippen molar-refractivity contribution in [2.45, 2.75) is 54.4 Å². The molecule has 0 aromatic carbocycles. The van der Waals surface area contributed by atoms with Gasteiger partial charge in [0.1, 0.15) is 48.8 Å². The van der Waals surface area contributed by atoms with Crippen LogP contribution in [0.25, 0.3) is 0 Å². The van der Waals surface area contributed by atoms with Crippen molar-refractivity contribution in [3.05, 3.63) is 0 Å². The van der Waals surface area contributed by atoms with E-state index in [1.54, 1.807) is 0 Å². The minimum Gasteiger partial charge on any atom is -0.394 e. The van der Waals surface area contributed by atoms with Crippen LogP contribution in [-0.2, 0) is 9.53 Å². The zero-order valence-corrected chi connectivity index (χ0v) is 12.0. The Bertz CT molecular complexity index is 391. The van der Waals surface area contributed by atoms with Crippen molar-refractivity contribution < 1.29 is 55.5 Å². The molecule has 1 fully saturated rings. The molecule has 0 amide bonds. The van der Waals surface area contributed by atoms with Crippen molar-refractivity contribution in [1.82, 2.24) is 0 Å². The van der Waals surface area contributed by atoms with Crippen LogP contribution in [0.5, 0.6) is 0 Å². The van der Waals surface area contributed by atoms with Gasteiger partial charge in [0, 0.05) is 0 Å². The van der Waals surface area contributed by atoms with E-state index < -0.39 is 67.6 Å². The van der Waals surface area contributed by atoms with Gasteiger partial charge in [-0.3, -0.25) is 0 Å². The van der Waals surface area contributed by atoms with Crippen LogP contribution in [0, 0.1) is 0 Å². The van der Waals surface area contributed by atoms with Crippen LogP contribution in [0.2, 0.25) is 0 Å². The van der Waals surface area contributed by atoms with Gasteiger partial charge in [-0.1, -0.05) is 0 Å². The van der Waals surface area contributed by atoms with Crippen molar-refractivity contribution in [2.24, 2.45) is 0 Å². The van der Waals surface area contributed by atoms with Crippen LogP contribution in [0.4, 0.5) is 0 Å². The Hall–Kier alpha value is -0.730. The Balaban J connectivity index is 3.27. The highest BCUT2D eigenvalue weighted by molar-refractivity contribution is 5.59. The third-order valence-electron chi connectivity index (χ3n) is 3.98. The molecular formula is C12H22O11. The Labute approximate surface area is 130 Å². The molecular weight excluding hydrogens is 320 g/mol. The highest BCUT2D eigenvalue weighted by Gasteiger charge is 2.59. The Morgan fingerprint density at radius 3 is 2.04 bits per heavy atom. The van der Waals surface area contributed by atoms with Crippen molar-refractivity contribution in [2.75, 3.05) is 13.2 Å². The minimum absolute atomic E-state index is 0.214. The molecule has 1 saturated heterocycles. The number of aliphatic hydroxyl groups excluding tert-OH is 8. The number of aliphatic hydroxyl groups is 9. The molecule has 9 atom stereocenters. The number of ether oxygens (including phenoxy) is 1. The lowest BCUT2D eigenvalue weighted by Crippen LogP contribution is -2.73. The molecule has 0 aromatic rings. The molecule has 0 spiro atoms. The van der Waals surface area contributed by atoms with Gasteiger partial charge >= 0.3 is 0 Å². The van der Waals surface area contributed by atoms with E-state index in [0.29, 0.717) is 0 Å². The monoisotopic (exact) mass is 342 g/mol. The Morgan fingerprint density at radius 1 is 1.04 bits per heavy atom. The second-order valence-electron chi connectivity index (χ2n) is 5.41. The molecule has 9 N–H and O–H groups in total. The quantitative estimate of drug-likeness (QED) is 0.199. The Kier molecular flexibility index (Phi) is 6.97. The summed E-state index contributed by atoms with van der Waals surface area (Å²) < 4.78 is 5.00. The molecule has 1 aliphatic heterocycles. The van der Waals surface area contributed by atoms with Gasteiger partial charge in [-0.25, -0.2) is 0 Å². The summed E-state index contributed by atoms with van der Waals surface area (Å²) >= 11 is 0. The van der Waals surface area contributed by atoms with Gasteiger partial charge in [-0.15, -0.1) is 0 Å². The largest absolute Gasteiger partial charge is 0.394 e. The number of hydrogen-bond donors (Lipinski definition) is 9. The van der Waals surface area contributed by atoms with E-state index in [2.05, 4.69) is 0 Å². The molecule has 11 heteroatoms. The molecule has 23 heavy (non-hydrogen) atoms. The topological polar surface area (TPSA) is 208 Å². The number of carbonyl (C=O) groups is 1. The molecule has 0 aromatic heterocycles. The zero-order chi connectivity index (χ0) is 17.9. The highest BCUT2D eigenvalue weighted by Crippen LogP contribution is 2.33. The van der Waals surface area contributed by atoms with E-state index in [1.165, 1.54) is 0 Å². The second kappa shape index (κ2) is 7.90. The maximum atomic E-state index is 10.8. The summed E-state index contributed by atoms with van der Waals surface area (Å²) in [7, 11) is 0. The van der Waals surface area contributed by atoms with Gasteiger partial charge in [0.2, 0.25) is 0 Å². The molecule has 1 rings (SSSR count). The molecule has 0 radical (unpaired) electrons. The van der Waals surface area contributed by atoms with Gasteiger partial charge in [0.25, 0.3) is 0 Å². The summed E-state index contributed by atoms with van der Waals surface area (Å²) in [5, 5.41) is 86.9. The van der Waals surface area contributed by atoms with Crippen LogP contribution in [-0.4, -0.2) is 120 Å². The van der Waals surface area contributed by atoms with E-state index >= 15 is 0 Å². The fraction of sp³-hybridized carbons (Fsp3) is 0.917. The molecule has 0 saturated carbocycles. The van der Waals surface area contributed by atoms with Crippen molar-refractivity contribution in [3.8, 4) is 0 Å².